The molecule has 4 rings (SSSR count). The molecule has 2 atom stereocenters. The Morgan fingerprint density at radius 3 is 2.83 bits per heavy atom. The fourth-order valence-electron chi connectivity index (χ4n) is 4.96. The van der Waals surface area contributed by atoms with Gasteiger partial charge in [0.25, 0.3) is 0 Å². The van der Waals surface area contributed by atoms with Crippen LogP contribution < -0.4 is 4.74 Å². The number of piperidine rings is 1. The molecule has 4 nitrogen and oxygen atoms in total. The van der Waals surface area contributed by atoms with E-state index in [0.717, 1.165) is 43.7 Å². The molecule has 134 valence electrons. The minimum absolute atomic E-state index is 0.816. The second-order valence-corrected chi connectivity index (χ2v) is 8.10. The molecular weight excluding hydrogens is 298 g/mol. The van der Waals surface area contributed by atoms with Gasteiger partial charge in [-0.3, -0.25) is 4.68 Å². The van der Waals surface area contributed by atoms with Crippen LogP contribution in [0, 0.1) is 11.8 Å². The number of hydrogen-bond donors (Lipinski definition) is 0. The van der Waals surface area contributed by atoms with Crippen LogP contribution in [0.15, 0.2) is 6.07 Å². The van der Waals surface area contributed by atoms with Gasteiger partial charge in [-0.2, -0.15) is 0 Å². The van der Waals surface area contributed by atoms with Gasteiger partial charge in [-0.25, -0.2) is 0 Å². The van der Waals surface area contributed by atoms with Gasteiger partial charge in [0.15, 0.2) is 0 Å². The van der Waals surface area contributed by atoms with Crippen molar-refractivity contribution in [3.05, 3.63) is 11.8 Å². The monoisotopic (exact) mass is 331 g/mol. The molecule has 1 saturated carbocycles. The van der Waals surface area contributed by atoms with Gasteiger partial charge in [0.1, 0.15) is 0 Å². The quantitative estimate of drug-likeness (QED) is 0.741. The normalized spacial score (nSPS) is 27.5. The third-order valence-corrected chi connectivity index (χ3v) is 6.39. The van der Waals surface area contributed by atoms with Crippen LogP contribution in [0.25, 0.3) is 0 Å². The molecule has 4 heteroatoms. The molecule has 0 amide bonds. The number of aryl methyl sites for hydroxylation is 2. The molecule has 3 heterocycles. The van der Waals surface area contributed by atoms with Crippen molar-refractivity contribution in [3.8, 4) is 5.88 Å². The number of rotatable bonds is 6. The van der Waals surface area contributed by atoms with E-state index in [2.05, 4.69) is 20.7 Å². The Labute approximate surface area is 146 Å². The summed E-state index contributed by atoms with van der Waals surface area (Å²) in [6.45, 7) is 5.83. The van der Waals surface area contributed by atoms with Crippen molar-refractivity contribution >= 4 is 0 Å². The Bertz CT molecular complexity index is 503. The van der Waals surface area contributed by atoms with E-state index in [4.69, 9.17) is 4.74 Å². The molecule has 1 aliphatic carbocycles. The summed E-state index contributed by atoms with van der Waals surface area (Å²) >= 11 is 0. The maximum Gasteiger partial charge on any atom is 0.232 e. The maximum atomic E-state index is 5.88. The second kappa shape index (κ2) is 7.90. The molecule has 0 radical (unpaired) electrons. The number of nitrogens with zero attached hydrogens (tertiary/aromatic N) is 3. The average Bonchev–Trinajstić information content (AvgIpc) is 3.04. The molecule has 0 aromatic carbocycles. The predicted molar refractivity (Wildman–Crippen MR) is 96.4 cm³/mol. The van der Waals surface area contributed by atoms with E-state index in [1.807, 2.05) is 0 Å². The topological polar surface area (TPSA) is 30.3 Å². The Balaban J connectivity index is 1.13. The largest absolute Gasteiger partial charge is 0.477 e. The minimum atomic E-state index is 0.816. The van der Waals surface area contributed by atoms with Gasteiger partial charge in [-0.15, -0.1) is 5.10 Å². The van der Waals surface area contributed by atoms with Crippen LogP contribution in [0.2, 0.25) is 0 Å². The lowest BCUT2D eigenvalue weighted by atomic mass is 9.75. The van der Waals surface area contributed by atoms with Crippen molar-refractivity contribution in [2.75, 3.05) is 26.2 Å². The molecule has 24 heavy (non-hydrogen) atoms. The SMILES string of the molecule is c1c(OCCCCN2CC[C@H]3CCCC[C@@H]3C2)nn2c1CCCC2. The summed E-state index contributed by atoms with van der Waals surface area (Å²) in [7, 11) is 0. The molecule has 1 aromatic heterocycles. The van der Waals surface area contributed by atoms with E-state index >= 15 is 0 Å². The van der Waals surface area contributed by atoms with Gasteiger partial charge in [0.2, 0.25) is 5.88 Å². The third-order valence-electron chi connectivity index (χ3n) is 6.39. The highest BCUT2D eigenvalue weighted by Gasteiger charge is 2.30. The van der Waals surface area contributed by atoms with Gasteiger partial charge in [-0.05, 0) is 69.9 Å². The van der Waals surface area contributed by atoms with E-state index < -0.39 is 0 Å². The van der Waals surface area contributed by atoms with Crippen molar-refractivity contribution in [1.29, 1.82) is 0 Å². The zero-order valence-electron chi connectivity index (χ0n) is 15.1. The van der Waals surface area contributed by atoms with E-state index in [1.54, 1.807) is 0 Å². The first kappa shape index (κ1) is 16.4. The van der Waals surface area contributed by atoms with Crippen molar-refractivity contribution in [1.82, 2.24) is 14.7 Å². The van der Waals surface area contributed by atoms with Crippen molar-refractivity contribution in [2.45, 2.75) is 70.8 Å². The van der Waals surface area contributed by atoms with Gasteiger partial charge >= 0.3 is 0 Å². The zero-order chi connectivity index (χ0) is 16.2. The van der Waals surface area contributed by atoms with E-state index in [-0.39, 0.29) is 0 Å². The smallest absolute Gasteiger partial charge is 0.232 e. The summed E-state index contributed by atoms with van der Waals surface area (Å²) in [5.74, 6) is 2.89. The lowest BCUT2D eigenvalue weighted by Gasteiger charge is -2.41. The fourth-order valence-corrected chi connectivity index (χ4v) is 4.96. The number of aromatic nitrogens is 2. The molecule has 2 fully saturated rings. The molecule has 0 bridgehead atoms. The summed E-state index contributed by atoms with van der Waals surface area (Å²) in [5.41, 5.74) is 1.35. The highest BCUT2D eigenvalue weighted by Crippen LogP contribution is 2.36. The predicted octanol–water partition coefficient (Wildman–Crippen LogP) is 3.89. The number of hydrogen-bond acceptors (Lipinski definition) is 3. The number of ether oxygens (including phenoxy) is 1. The Hall–Kier alpha value is -1.03. The van der Waals surface area contributed by atoms with Gasteiger partial charge < -0.3 is 9.64 Å². The first-order chi connectivity index (χ1) is 11.9. The summed E-state index contributed by atoms with van der Waals surface area (Å²) in [5, 5.41) is 4.57. The molecule has 3 aliphatic rings. The van der Waals surface area contributed by atoms with Crippen LogP contribution in [-0.4, -0.2) is 40.9 Å². The maximum absolute atomic E-state index is 5.88. The first-order valence-corrected chi connectivity index (χ1v) is 10.3. The number of fused-ring (bicyclic) bond motifs is 2. The lowest BCUT2D eigenvalue weighted by molar-refractivity contribution is 0.0848. The number of unbranched alkanes of at least 4 members (excludes halogenated alkanes) is 1. The molecule has 2 aliphatic heterocycles. The highest BCUT2D eigenvalue weighted by atomic mass is 16.5. The second-order valence-electron chi connectivity index (χ2n) is 8.10. The highest BCUT2D eigenvalue weighted by molar-refractivity contribution is 5.16. The summed E-state index contributed by atoms with van der Waals surface area (Å²) in [4.78, 5) is 2.71. The van der Waals surface area contributed by atoms with E-state index in [9.17, 15) is 0 Å². The Morgan fingerprint density at radius 1 is 1.00 bits per heavy atom. The van der Waals surface area contributed by atoms with Gasteiger partial charge in [0.05, 0.1) is 6.61 Å². The van der Waals surface area contributed by atoms with Crippen LogP contribution in [-0.2, 0) is 13.0 Å². The summed E-state index contributed by atoms with van der Waals surface area (Å²) < 4.78 is 8.02. The van der Waals surface area contributed by atoms with Gasteiger partial charge in [-0.1, -0.05) is 19.3 Å². The van der Waals surface area contributed by atoms with E-state index in [0.29, 0.717) is 0 Å². The Morgan fingerprint density at radius 2 is 1.92 bits per heavy atom. The zero-order valence-corrected chi connectivity index (χ0v) is 15.1. The summed E-state index contributed by atoms with van der Waals surface area (Å²) in [6, 6.07) is 2.15. The molecule has 0 unspecified atom stereocenters. The van der Waals surface area contributed by atoms with E-state index in [1.165, 1.54) is 76.7 Å². The van der Waals surface area contributed by atoms with Crippen LogP contribution in [0.3, 0.4) is 0 Å². The Kier molecular flexibility index (Phi) is 5.41. The van der Waals surface area contributed by atoms with Crippen LogP contribution in [0.5, 0.6) is 5.88 Å². The third kappa shape index (κ3) is 3.96. The lowest BCUT2D eigenvalue weighted by Crippen LogP contribution is -2.42. The first-order valence-electron chi connectivity index (χ1n) is 10.3. The van der Waals surface area contributed by atoms with Crippen molar-refractivity contribution < 1.29 is 4.74 Å². The number of likely N-dealkylation sites (tertiary alicyclic amines) is 1. The van der Waals surface area contributed by atoms with Crippen molar-refractivity contribution in [2.24, 2.45) is 11.8 Å². The van der Waals surface area contributed by atoms with Crippen LogP contribution in [0.4, 0.5) is 0 Å². The minimum Gasteiger partial charge on any atom is -0.477 e. The van der Waals surface area contributed by atoms with Gasteiger partial charge in [0, 0.05) is 24.8 Å². The standard InChI is InChI=1S/C20H33N3O/c1-2-8-18-16-22(13-10-17(18)7-1)11-5-6-14-24-20-15-19-9-3-4-12-23(19)21-20/h15,17-18H,1-14,16H2/t17-,18-/m1/s1. The van der Waals surface area contributed by atoms with Crippen molar-refractivity contribution in [3.63, 3.8) is 0 Å². The summed E-state index contributed by atoms with van der Waals surface area (Å²) in [6.07, 6.45) is 13.5. The molecule has 0 spiro atoms. The fraction of sp³-hybridized carbons (Fsp3) is 0.850. The van der Waals surface area contributed by atoms with Crippen LogP contribution in [0.1, 0.15) is 63.5 Å². The average molecular weight is 332 g/mol. The molecule has 1 saturated heterocycles. The molecule has 0 N–H and O–H groups in total. The molecule has 1 aromatic rings. The molecular formula is C20H33N3O. The van der Waals surface area contributed by atoms with Crippen LogP contribution >= 0.6 is 0 Å².